The van der Waals surface area contributed by atoms with Gasteiger partial charge in [0.15, 0.2) is 0 Å². The third-order valence-corrected chi connectivity index (χ3v) is 4.01. The highest BCUT2D eigenvalue weighted by molar-refractivity contribution is 5.95. The normalized spacial score (nSPS) is 18.0. The number of aliphatic hydroxyl groups is 1. The van der Waals surface area contributed by atoms with Crippen LogP contribution in [0.3, 0.4) is 0 Å². The van der Waals surface area contributed by atoms with Gasteiger partial charge in [0.25, 0.3) is 0 Å². The number of rotatable bonds is 7. The fraction of sp³-hybridized carbons (Fsp3) is 0.588. The molecule has 5 heteroatoms. The largest absolute Gasteiger partial charge is 0.390 e. The minimum absolute atomic E-state index is 0.167. The highest BCUT2D eigenvalue weighted by atomic mass is 16.3. The molecule has 1 aromatic rings. The predicted octanol–water partition coefficient (Wildman–Crippen LogP) is 1.39. The fourth-order valence-electron chi connectivity index (χ4n) is 2.78. The Morgan fingerprint density at radius 2 is 2.00 bits per heavy atom. The van der Waals surface area contributed by atoms with Crippen LogP contribution in [-0.2, 0) is 4.79 Å². The van der Waals surface area contributed by atoms with Crippen LogP contribution in [0.5, 0.6) is 0 Å². The molecule has 122 valence electrons. The third-order valence-electron chi connectivity index (χ3n) is 4.01. The molecule has 5 nitrogen and oxygen atoms in total. The summed E-state index contributed by atoms with van der Waals surface area (Å²) in [5.41, 5.74) is 2.14. The van der Waals surface area contributed by atoms with Gasteiger partial charge in [-0.2, -0.15) is 0 Å². The first-order valence-electron chi connectivity index (χ1n) is 7.94. The zero-order chi connectivity index (χ0) is 16.1. The summed E-state index contributed by atoms with van der Waals surface area (Å²) in [5, 5.41) is 13.2. The minimum atomic E-state index is -0.376. The van der Waals surface area contributed by atoms with Crippen molar-refractivity contribution in [3.05, 3.63) is 29.8 Å². The van der Waals surface area contributed by atoms with Crippen molar-refractivity contribution in [2.45, 2.75) is 31.9 Å². The Balaban J connectivity index is 1.88. The molecule has 0 bridgehead atoms. The molecule has 0 aromatic heterocycles. The van der Waals surface area contributed by atoms with Crippen molar-refractivity contribution < 1.29 is 9.90 Å². The molecular formula is C17H27N3O2. The molecule has 1 aliphatic rings. The summed E-state index contributed by atoms with van der Waals surface area (Å²) in [7, 11) is 3.90. The Kier molecular flexibility index (Phi) is 5.94. The number of amides is 1. The summed E-state index contributed by atoms with van der Waals surface area (Å²) in [5.74, 6) is 0.214. The molecule has 1 aliphatic heterocycles. The summed E-state index contributed by atoms with van der Waals surface area (Å²) in [6.45, 7) is 4.11. The van der Waals surface area contributed by atoms with E-state index in [1.165, 1.54) is 0 Å². The number of hydrogen-bond donors (Lipinski definition) is 2. The van der Waals surface area contributed by atoms with E-state index in [4.69, 9.17) is 0 Å². The lowest BCUT2D eigenvalue weighted by atomic mass is 10.1. The van der Waals surface area contributed by atoms with Crippen LogP contribution < -0.4 is 10.2 Å². The van der Waals surface area contributed by atoms with E-state index in [1.807, 2.05) is 36.0 Å². The highest BCUT2D eigenvalue weighted by Gasteiger charge is 2.21. The first-order valence-corrected chi connectivity index (χ1v) is 7.94. The molecule has 1 aromatic carbocycles. The molecule has 1 heterocycles. The molecule has 1 saturated heterocycles. The molecule has 1 fully saturated rings. The minimum Gasteiger partial charge on any atom is -0.390 e. The van der Waals surface area contributed by atoms with Crippen molar-refractivity contribution in [2.75, 3.05) is 38.6 Å². The van der Waals surface area contributed by atoms with Gasteiger partial charge in [-0.1, -0.05) is 12.1 Å². The van der Waals surface area contributed by atoms with Crippen molar-refractivity contribution in [3.8, 4) is 0 Å². The lowest BCUT2D eigenvalue weighted by molar-refractivity contribution is -0.117. The smallest absolute Gasteiger partial charge is 0.227 e. The SMILES string of the molecule is CC(NCC(O)CN(C)C)c1ccc(N2CCCC2=O)cc1. The predicted molar refractivity (Wildman–Crippen MR) is 89.0 cm³/mol. The Morgan fingerprint density at radius 3 is 2.55 bits per heavy atom. The van der Waals surface area contributed by atoms with E-state index >= 15 is 0 Å². The number of benzene rings is 1. The van der Waals surface area contributed by atoms with Crippen molar-refractivity contribution in [2.24, 2.45) is 0 Å². The van der Waals surface area contributed by atoms with E-state index in [0.717, 1.165) is 24.2 Å². The van der Waals surface area contributed by atoms with Crippen LogP contribution in [0.2, 0.25) is 0 Å². The van der Waals surface area contributed by atoms with Gasteiger partial charge in [0.05, 0.1) is 6.10 Å². The number of anilines is 1. The Morgan fingerprint density at radius 1 is 1.32 bits per heavy atom. The van der Waals surface area contributed by atoms with Gasteiger partial charge >= 0.3 is 0 Å². The molecular weight excluding hydrogens is 278 g/mol. The van der Waals surface area contributed by atoms with E-state index in [0.29, 0.717) is 19.5 Å². The van der Waals surface area contributed by atoms with Gasteiger partial charge in [-0.15, -0.1) is 0 Å². The van der Waals surface area contributed by atoms with Crippen LogP contribution in [0.1, 0.15) is 31.4 Å². The molecule has 2 N–H and O–H groups in total. The Bertz CT molecular complexity index is 487. The average Bonchev–Trinajstić information content (AvgIpc) is 2.90. The maximum absolute atomic E-state index is 11.7. The summed E-state index contributed by atoms with van der Waals surface area (Å²) >= 11 is 0. The van der Waals surface area contributed by atoms with Crippen LogP contribution in [0.15, 0.2) is 24.3 Å². The topological polar surface area (TPSA) is 55.8 Å². The molecule has 2 rings (SSSR count). The van der Waals surface area contributed by atoms with Gasteiger partial charge < -0.3 is 20.2 Å². The van der Waals surface area contributed by atoms with Gasteiger partial charge in [0, 0.05) is 37.8 Å². The van der Waals surface area contributed by atoms with Crippen molar-refractivity contribution in [1.82, 2.24) is 10.2 Å². The number of hydrogen-bond acceptors (Lipinski definition) is 4. The lowest BCUT2D eigenvalue weighted by Crippen LogP contribution is -2.36. The van der Waals surface area contributed by atoms with Gasteiger partial charge in [0.1, 0.15) is 0 Å². The second kappa shape index (κ2) is 7.72. The van der Waals surface area contributed by atoms with E-state index in [9.17, 15) is 9.90 Å². The fourth-order valence-corrected chi connectivity index (χ4v) is 2.78. The Hall–Kier alpha value is -1.43. The highest BCUT2D eigenvalue weighted by Crippen LogP contribution is 2.23. The van der Waals surface area contributed by atoms with Crippen LogP contribution >= 0.6 is 0 Å². The molecule has 0 aliphatic carbocycles. The quantitative estimate of drug-likeness (QED) is 0.799. The van der Waals surface area contributed by atoms with Crippen molar-refractivity contribution in [1.29, 1.82) is 0 Å². The van der Waals surface area contributed by atoms with E-state index in [2.05, 4.69) is 24.4 Å². The number of nitrogens with one attached hydrogen (secondary N) is 1. The van der Waals surface area contributed by atoms with Gasteiger partial charge in [-0.3, -0.25) is 4.79 Å². The van der Waals surface area contributed by atoms with Crippen LogP contribution in [-0.4, -0.2) is 55.7 Å². The zero-order valence-electron chi connectivity index (χ0n) is 13.7. The van der Waals surface area contributed by atoms with Crippen LogP contribution in [0.25, 0.3) is 0 Å². The summed E-state index contributed by atoms with van der Waals surface area (Å²) in [6, 6.07) is 8.29. The first-order chi connectivity index (χ1) is 10.5. The van der Waals surface area contributed by atoms with E-state index in [1.54, 1.807) is 0 Å². The van der Waals surface area contributed by atoms with Crippen molar-refractivity contribution in [3.63, 3.8) is 0 Å². The second-order valence-corrected chi connectivity index (χ2v) is 6.29. The van der Waals surface area contributed by atoms with E-state index in [-0.39, 0.29) is 18.1 Å². The number of aliphatic hydroxyl groups excluding tert-OH is 1. The van der Waals surface area contributed by atoms with Gasteiger partial charge in [0.2, 0.25) is 5.91 Å². The summed E-state index contributed by atoms with van der Waals surface area (Å²) in [4.78, 5) is 15.6. The van der Waals surface area contributed by atoms with Crippen LogP contribution in [0.4, 0.5) is 5.69 Å². The van der Waals surface area contributed by atoms with Gasteiger partial charge in [-0.25, -0.2) is 0 Å². The zero-order valence-corrected chi connectivity index (χ0v) is 13.7. The number of nitrogens with zero attached hydrogens (tertiary/aromatic N) is 2. The molecule has 2 atom stereocenters. The Labute approximate surface area is 132 Å². The number of carbonyl (C=O) groups is 1. The third kappa shape index (κ3) is 4.53. The monoisotopic (exact) mass is 305 g/mol. The first kappa shape index (κ1) is 16.9. The second-order valence-electron chi connectivity index (χ2n) is 6.29. The molecule has 1 amide bonds. The summed E-state index contributed by atoms with van der Waals surface area (Å²) in [6.07, 6.45) is 1.23. The molecule has 0 spiro atoms. The van der Waals surface area contributed by atoms with E-state index < -0.39 is 0 Å². The summed E-state index contributed by atoms with van der Waals surface area (Å²) < 4.78 is 0. The number of likely N-dealkylation sites (N-methyl/N-ethyl adjacent to an activating group) is 1. The standard InChI is InChI=1S/C17H27N3O2/c1-13(18-11-16(21)12-19(2)3)14-6-8-15(9-7-14)20-10-4-5-17(20)22/h6-9,13,16,18,21H,4-5,10-12H2,1-3H3. The molecule has 0 radical (unpaired) electrons. The van der Waals surface area contributed by atoms with Crippen LogP contribution in [0, 0.1) is 0 Å². The number of carbonyl (C=O) groups excluding carboxylic acids is 1. The molecule has 2 unspecified atom stereocenters. The maximum Gasteiger partial charge on any atom is 0.227 e. The molecule has 0 saturated carbocycles. The maximum atomic E-state index is 11.7. The lowest BCUT2D eigenvalue weighted by Gasteiger charge is -2.21. The van der Waals surface area contributed by atoms with Crippen molar-refractivity contribution >= 4 is 11.6 Å². The average molecular weight is 305 g/mol. The molecule has 22 heavy (non-hydrogen) atoms. The van der Waals surface area contributed by atoms with Gasteiger partial charge in [-0.05, 0) is 45.1 Å².